The quantitative estimate of drug-likeness (QED) is 0.723. The van der Waals surface area contributed by atoms with Crippen LogP contribution in [0.1, 0.15) is 16.1 Å². The summed E-state index contributed by atoms with van der Waals surface area (Å²) < 4.78 is 0. The van der Waals surface area contributed by atoms with Gasteiger partial charge in [-0.3, -0.25) is 9.89 Å². The zero-order valence-electron chi connectivity index (χ0n) is 8.90. The first kappa shape index (κ1) is 11.5. The lowest BCUT2D eigenvalue weighted by atomic mass is 10.1. The molecule has 1 aromatic carbocycles. The normalized spacial score (nSPS) is 10.2. The summed E-state index contributed by atoms with van der Waals surface area (Å²) in [6, 6.07) is 6.74. The van der Waals surface area contributed by atoms with Gasteiger partial charge >= 0.3 is 0 Å². The van der Waals surface area contributed by atoms with Crippen molar-refractivity contribution >= 4 is 23.2 Å². The molecule has 88 valence electrons. The fraction of sp³-hybridized carbons (Fsp3) is 0.0909. The minimum absolute atomic E-state index is 0.300. The lowest BCUT2D eigenvalue weighted by molar-refractivity contribution is 0.0951. The first-order valence-electron chi connectivity index (χ1n) is 4.99. The first-order valence-corrected chi connectivity index (χ1v) is 5.36. The third-order valence-electron chi connectivity index (χ3n) is 2.27. The van der Waals surface area contributed by atoms with Crippen molar-refractivity contribution in [1.29, 1.82) is 0 Å². The lowest BCUT2D eigenvalue weighted by Gasteiger charge is -2.08. The van der Waals surface area contributed by atoms with E-state index in [4.69, 9.17) is 17.3 Å². The number of nitrogens with one attached hydrogen (secondary N) is 2. The Labute approximate surface area is 103 Å². The van der Waals surface area contributed by atoms with Crippen LogP contribution in [0.15, 0.2) is 30.5 Å². The molecule has 1 amide bonds. The van der Waals surface area contributed by atoms with Crippen LogP contribution in [0.2, 0.25) is 5.02 Å². The highest BCUT2D eigenvalue weighted by atomic mass is 35.5. The minimum atomic E-state index is -0.303. The number of carbonyl (C=O) groups excluding carboxylic acids is 1. The number of halogens is 1. The Kier molecular flexibility index (Phi) is 3.30. The number of hydrogen-bond acceptors (Lipinski definition) is 3. The number of nitrogen functional groups attached to an aromatic ring is 1. The van der Waals surface area contributed by atoms with Crippen LogP contribution in [0.5, 0.6) is 0 Å². The molecule has 2 rings (SSSR count). The molecule has 5 nitrogen and oxygen atoms in total. The average Bonchev–Trinajstić information content (AvgIpc) is 2.79. The number of carbonyl (C=O) groups is 1. The second-order valence-electron chi connectivity index (χ2n) is 3.47. The molecule has 6 heteroatoms. The summed E-state index contributed by atoms with van der Waals surface area (Å²) in [7, 11) is 0. The Morgan fingerprint density at radius 3 is 2.94 bits per heavy atom. The number of H-pyrrole nitrogens is 1. The van der Waals surface area contributed by atoms with Crippen LogP contribution in [0.3, 0.4) is 0 Å². The first-order chi connectivity index (χ1) is 8.18. The van der Waals surface area contributed by atoms with E-state index in [0.29, 0.717) is 22.8 Å². The molecule has 0 radical (unpaired) electrons. The zero-order valence-corrected chi connectivity index (χ0v) is 9.66. The Balaban J connectivity index is 2.10. The second kappa shape index (κ2) is 4.88. The van der Waals surface area contributed by atoms with Crippen LogP contribution in [0.4, 0.5) is 5.69 Å². The Bertz CT molecular complexity index is 504. The van der Waals surface area contributed by atoms with Crippen molar-refractivity contribution in [3.8, 4) is 0 Å². The van der Waals surface area contributed by atoms with E-state index in [1.165, 1.54) is 0 Å². The van der Waals surface area contributed by atoms with Crippen LogP contribution in [0, 0.1) is 0 Å². The number of amides is 1. The molecule has 0 aliphatic rings. The van der Waals surface area contributed by atoms with Gasteiger partial charge in [-0.15, -0.1) is 0 Å². The lowest BCUT2D eigenvalue weighted by Crippen LogP contribution is -2.24. The largest absolute Gasteiger partial charge is 0.398 e. The molecular weight excluding hydrogens is 240 g/mol. The highest BCUT2D eigenvalue weighted by Gasteiger charge is 2.13. The highest BCUT2D eigenvalue weighted by molar-refractivity contribution is 6.34. The van der Waals surface area contributed by atoms with Crippen molar-refractivity contribution in [3.63, 3.8) is 0 Å². The summed E-state index contributed by atoms with van der Waals surface area (Å²) in [5, 5.41) is 9.57. The maximum atomic E-state index is 11.9. The van der Waals surface area contributed by atoms with Gasteiger partial charge in [-0.05, 0) is 18.2 Å². The van der Waals surface area contributed by atoms with Gasteiger partial charge in [0.25, 0.3) is 5.91 Å². The molecular formula is C11H11ClN4O. The summed E-state index contributed by atoms with van der Waals surface area (Å²) in [4.78, 5) is 11.9. The molecule has 0 saturated heterocycles. The average molecular weight is 251 g/mol. The van der Waals surface area contributed by atoms with Gasteiger partial charge in [0.05, 0.1) is 22.8 Å². The number of rotatable bonds is 3. The molecule has 0 unspecified atom stereocenters. The third-order valence-corrected chi connectivity index (χ3v) is 2.59. The van der Waals surface area contributed by atoms with E-state index in [2.05, 4.69) is 15.5 Å². The number of benzene rings is 1. The summed E-state index contributed by atoms with van der Waals surface area (Å²) in [6.07, 6.45) is 1.62. The predicted molar refractivity (Wildman–Crippen MR) is 65.6 cm³/mol. The molecule has 4 N–H and O–H groups in total. The maximum Gasteiger partial charge on any atom is 0.255 e. The maximum absolute atomic E-state index is 11.9. The molecule has 0 aliphatic carbocycles. The van der Waals surface area contributed by atoms with Gasteiger partial charge in [0, 0.05) is 11.9 Å². The van der Waals surface area contributed by atoms with E-state index in [-0.39, 0.29) is 5.91 Å². The minimum Gasteiger partial charge on any atom is -0.398 e. The Hall–Kier alpha value is -2.01. The molecule has 0 spiro atoms. The molecule has 0 aliphatic heterocycles. The number of aromatic nitrogens is 2. The molecule has 0 saturated carbocycles. The zero-order chi connectivity index (χ0) is 12.3. The van der Waals surface area contributed by atoms with Crippen LogP contribution in [0.25, 0.3) is 0 Å². The molecule has 1 aromatic heterocycles. The van der Waals surface area contributed by atoms with Crippen molar-refractivity contribution in [2.45, 2.75) is 6.54 Å². The molecule has 0 fully saturated rings. The van der Waals surface area contributed by atoms with Crippen molar-refractivity contribution in [3.05, 3.63) is 46.7 Å². The van der Waals surface area contributed by atoms with Crippen LogP contribution >= 0.6 is 11.6 Å². The van der Waals surface area contributed by atoms with E-state index in [9.17, 15) is 4.79 Å². The standard InChI is InChI=1S/C11H11ClN4O/c12-8-2-1-3-9(13)10(8)11(17)14-6-7-4-5-15-16-7/h1-5H,6,13H2,(H,14,17)(H,15,16). The van der Waals surface area contributed by atoms with Crippen LogP contribution < -0.4 is 11.1 Å². The topological polar surface area (TPSA) is 83.8 Å². The number of aromatic amines is 1. The van der Waals surface area contributed by atoms with Crippen molar-refractivity contribution in [1.82, 2.24) is 15.5 Å². The van der Waals surface area contributed by atoms with Gasteiger partial charge in [0.2, 0.25) is 0 Å². The van der Waals surface area contributed by atoms with E-state index in [1.54, 1.807) is 30.5 Å². The fourth-order valence-electron chi connectivity index (χ4n) is 1.43. The van der Waals surface area contributed by atoms with E-state index >= 15 is 0 Å². The van der Waals surface area contributed by atoms with Crippen LogP contribution in [-0.4, -0.2) is 16.1 Å². The third kappa shape index (κ3) is 2.57. The number of nitrogens with zero attached hydrogens (tertiary/aromatic N) is 1. The Morgan fingerprint density at radius 2 is 2.29 bits per heavy atom. The van der Waals surface area contributed by atoms with Crippen molar-refractivity contribution < 1.29 is 4.79 Å². The summed E-state index contributed by atoms with van der Waals surface area (Å²) >= 11 is 5.92. The van der Waals surface area contributed by atoms with E-state index in [1.807, 2.05) is 0 Å². The molecule has 0 atom stereocenters. The van der Waals surface area contributed by atoms with Gasteiger partial charge < -0.3 is 11.1 Å². The number of nitrogens with two attached hydrogens (primary N) is 1. The molecule has 2 aromatic rings. The van der Waals surface area contributed by atoms with E-state index in [0.717, 1.165) is 5.69 Å². The SMILES string of the molecule is Nc1cccc(Cl)c1C(=O)NCc1ccn[nH]1. The Morgan fingerprint density at radius 1 is 1.47 bits per heavy atom. The summed E-state index contributed by atoms with van der Waals surface area (Å²) in [5.41, 5.74) is 7.18. The van der Waals surface area contributed by atoms with Crippen LogP contribution in [-0.2, 0) is 6.54 Å². The monoisotopic (exact) mass is 250 g/mol. The molecule has 17 heavy (non-hydrogen) atoms. The smallest absolute Gasteiger partial charge is 0.255 e. The van der Waals surface area contributed by atoms with E-state index < -0.39 is 0 Å². The van der Waals surface area contributed by atoms with Crippen molar-refractivity contribution in [2.24, 2.45) is 0 Å². The van der Waals surface area contributed by atoms with Gasteiger partial charge in [-0.2, -0.15) is 5.10 Å². The summed E-state index contributed by atoms with van der Waals surface area (Å²) in [6.45, 7) is 0.351. The number of hydrogen-bond donors (Lipinski definition) is 3. The van der Waals surface area contributed by atoms with Gasteiger partial charge in [-0.25, -0.2) is 0 Å². The highest BCUT2D eigenvalue weighted by Crippen LogP contribution is 2.21. The number of anilines is 1. The van der Waals surface area contributed by atoms with Gasteiger partial charge in [0.1, 0.15) is 0 Å². The summed E-state index contributed by atoms with van der Waals surface area (Å²) in [5.74, 6) is -0.303. The van der Waals surface area contributed by atoms with Gasteiger partial charge in [-0.1, -0.05) is 17.7 Å². The van der Waals surface area contributed by atoms with Crippen molar-refractivity contribution in [2.75, 3.05) is 5.73 Å². The fourth-order valence-corrected chi connectivity index (χ4v) is 1.70. The predicted octanol–water partition coefficient (Wildman–Crippen LogP) is 1.58. The molecule has 1 heterocycles. The van der Waals surface area contributed by atoms with Gasteiger partial charge in [0.15, 0.2) is 0 Å². The molecule has 0 bridgehead atoms. The second-order valence-corrected chi connectivity index (χ2v) is 3.88.